The molecular weight excluding hydrogens is 488 g/mol. The molecule has 0 radical (unpaired) electrons. The summed E-state index contributed by atoms with van der Waals surface area (Å²) in [6.07, 6.45) is 20.5. The molecule has 8 heteroatoms. The molecule has 0 aliphatic carbocycles. The summed E-state index contributed by atoms with van der Waals surface area (Å²) in [7, 11) is 0. The van der Waals surface area contributed by atoms with Crippen molar-refractivity contribution in [3.63, 3.8) is 0 Å². The predicted molar refractivity (Wildman–Crippen MR) is 150 cm³/mol. The van der Waals surface area contributed by atoms with E-state index in [1.54, 1.807) is 0 Å². The van der Waals surface area contributed by atoms with E-state index in [1.807, 2.05) is 0 Å². The van der Waals surface area contributed by atoms with Gasteiger partial charge in [0.25, 0.3) is 0 Å². The fourth-order valence-electron chi connectivity index (χ4n) is 4.67. The minimum atomic E-state index is -0.897. The summed E-state index contributed by atoms with van der Waals surface area (Å²) in [6, 6.07) is 0. The first-order chi connectivity index (χ1) is 18.1. The second-order valence-corrected chi connectivity index (χ2v) is 10.7. The lowest BCUT2D eigenvalue weighted by atomic mass is 9.94. The van der Waals surface area contributed by atoms with Gasteiger partial charge in [-0.25, -0.2) is 0 Å². The number of unbranched alkanes of at least 4 members (excludes halogenated alkanes) is 14. The molecule has 8 nitrogen and oxygen atoms in total. The van der Waals surface area contributed by atoms with Gasteiger partial charge in [-0.3, -0.25) is 19.2 Å². The zero-order chi connectivity index (χ0) is 29.0. The van der Waals surface area contributed by atoms with Gasteiger partial charge in [-0.1, -0.05) is 117 Å². The monoisotopic (exact) mass is 544 g/mol. The Morgan fingerprint density at radius 2 is 0.605 bits per heavy atom. The summed E-state index contributed by atoms with van der Waals surface area (Å²) in [4.78, 5) is 42.5. The molecule has 0 fully saturated rings. The second kappa shape index (κ2) is 27.9. The highest BCUT2D eigenvalue weighted by molar-refractivity contribution is 5.71. The van der Waals surface area contributed by atoms with E-state index in [9.17, 15) is 19.2 Å². The van der Waals surface area contributed by atoms with E-state index < -0.39 is 23.9 Å². The van der Waals surface area contributed by atoms with Crippen LogP contribution in [-0.2, 0) is 19.2 Å². The molecule has 0 unspecified atom stereocenters. The van der Waals surface area contributed by atoms with E-state index in [0.29, 0.717) is 12.8 Å². The summed E-state index contributed by atoms with van der Waals surface area (Å²) in [5, 5.41) is 34.9. The zero-order valence-corrected chi connectivity index (χ0v) is 24.1. The van der Waals surface area contributed by atoms with Crippen LogP contribution in [0, 0.1) is 11.8 Å². The maximum Gasteiger partial charge on any atom is 0.303 e. The van der Waals surface area contributed by atoms with Crippen molar-refractivity contribution in [3.8, 4) is 0 Å². The Labute approximate surface area is 230 Å². The van der Waals surface area contributed by atoms with Gasteiger partial charge in [0.1, 0.15) is 0 Å². The quantitative estimate of drug-likeness (QED) is 0.0796. The third-order valence-electron chi connectivity index (χ3n) is 6.79. The number of rotatable bonds is 26. The van der Waals surface area contributed by atoms with Gasteiger partial charge < -0.3 is 20.4 Å². The fourth-order valence-corrected chi connectivity index (χ4v) is 4.67. The van der Waals surface area contributed by atoms with E-state index >= 15 is 0 Å². The van der Waals surface area contributed by atoms with Crippen LogP contribution in [0.2, 0.25) is 0 Å². The SMILES string of the molecule is CCCCCCCCCCC(CC(=O)O)CC(=O)O.CCCCCCCCCCC(CC(=O)O)CC(=O)O. The van der Waals surface area contributed by atoms with Crippen LogP contribution < -0.4 is 0 Å². The standard InChI is InChI=1S/2C15H28O4/c2*1-2-3-4-5-6-7-8-9-10-13(11-14(16)17)12-15(18)19/h2*13H,2-12H2,1H3,(H,16,17)(H,18,19). The number of carboxylic acids is 4. The molecule has 0 heterocycles. The molecule has 0 spiro atoms. The van der Waals surface area contributed by atoms with E-state index in [-0.39, 0.29) is 37.5 Å². The lowest BCUT2D eigenvalue weighted by Gasteiger charge is -2.11. The van der Waals surface area contributed by atoms with Crippen molar-refractivity contribution in [2.45, 2.75) is 155 Å². The van der Waals surface area contributed by atoms with Gasteiger partial charge in [0, 0.05) is 25.7 Å². The normalized spacial score (nSPS) is 10.8. The minimum absolute atomic E-state index is 0.0250. The first-order valence-electron chi connectivity index (χ1n) is 15.0. The Morgan fingerprint density at radius 1 is 0.395 bits per heavy atom. The Bertz CT molecular complexity index is 521. The predicted octanol–water partition coefficient (Wildman–Crippen LogP) is 8.17. The first-order valence-corrected chi connectivity index (χ1v) is 15.0. The highest BCUT2D eigenvalue weighted by Crippen LogP contribution is 2.20. The van der Waals surface area contributed by atoms with E-state index in [0.717, 1.165) is 25.7 Å². The average molecular weight is 545 g/mol. The minimum Gasteiger partial charge on any atom is -0.481 e. The number of hydrogen-bond acceptors (Lipinski definition) is 4. The van der Waals surface area contributed by atoms with Crippen molar-refractivity contribution < 1.29 is 39.6 Å². The lowest BCUT2D eigenvalue weighted by molar-refractivity contribution is -0.142. The first kappa shape index (κ1) is 38.0. The van der Waals surface area contributed by atoms with Crippen molar-refractivity contribution in [1.82, 2.24) is 0 Å². The van der Waals surface area contributed by atoms with E-state index in [2.05, 4.69) is 13.8 Å². The summed E-state index contributed by atoms with van der Waals surface area (Å²) >= 11 is 0. The largest absolute Gasteiger partial charge is 0.481 e. The molecule has 0 aromatic carbocycles. The van der Waals surface area contributed by atoms with Crippen molar-refractivity contribution in [3.05, 3.63) is 0 Å². The number of carbonyl (C=O) groups is 4. The highest BCUT2D eigenvalue weighted by Gasteiger charge is 2.17. The van der Waals surface area contributed by atoms with Crippen LogP contribution in [0.15, 0.2) is 0 Å². The molecule has 0 aliphatic rings. The lowest BCUT2D eigenvalue weighted by Crippen LogP contribution is -2.12. The molecule has 0 amide bonds. The van der Waals surface area contributed by atoms with Crippen LogP contribution in [0.5, 0.6) is 0 Å². The highest BCUT2D eigenvalue weighted by atomic mass is 16.4. The molecule has 4 N–H and O–H groups in total. The summed E-state index contributed by atoms with van der Waals surface area (Å²) in [6.45, 7) is 4.40. The summed E-state index contributed by atoms with van der Waals surface area (Å²) in [5.41, 5.74) is 0. The third-order valence-corrected chi connectivity index (χ3v) is 6.79. The van der Waals surface area contributed by atoms with Crippen LogP contribution in [0.1, 0.15) is 155 Å². The van der Waals surface area contributed by atoms with Gasteiger partial charge in [-0.05, 0) is 24.7 Å². The van der Waals surface area contributed by atoms with Crippen molar-refractivity contribution >= 4 is 23.9 Å². The number of carboxylic acid groups (broad SMARTS) is 4. The summed E-state index contributed by atoms with van der Waals surface area (Å²) in [5.74, 6) is -4.02. The molecule has 0 aliphatic heterocycles. The van der Waals surface area contributed by atoms with Crippen LogP contribution in [0.25, 0.3) is 0 Å². The summed E-state index contributed by atoms with van der Waals surface area (Å²) < 4.78 is 0. The van der Waals surface area contributed by atoms with E-state index in [1.165, 1.54) is 77.0 Å². The molecule has 0 saturated carbocycles. The third kappa shape index (κ3) is 31.9. The zero-order valence-electron chi connectivity index (χ0n) is 24.1. The molecule has 0 saturated heterocycles. The van der Waals surface area contributed by atoms with Crippen LogP contribution in [0.4, 0.5) is 0 Å². The average Bonchev–Trinajstić information content (AvgIpc) is 2.81. The van der Waals surface area contributed by atoms with Crippen LogP contribution >= 0.6 is 0 Å². The fraction of sp³-hybridized carbons (Fsp3) is 0.867. The Kier molecular flexibility index (Phi) is 27.9. The maximum absolute atomic E-state index is 10.6. The van der Waals surface area contributed by atoms with Crippen molar-refractivity contribution in [1.29, 1.82) is 0 Å². The molecule has 0 rings (SSSR count). The Hall–Kier alpha value is -2.12. The van der Waals surface area contributed by atoms with Crippen LogP contribution in [-0.4, -0.2) is 44.3 Å². The molecule has 0 aromatic rings. The van der Waals surface area contributed by atoms with Gasteiger partial charge in [-0.2, -0.15) is 0 Å². The van der Waals surface area contributed by atoms with Gasteiger partial charge in [-0.15, -0.1) is 0 Å². The van der Waals surface area contributed by atoms with Crippen LogP contribution in [0.3, 0.4) is 0 Å². The molecule has 0 atom stereocenters. The molecule has 0 aromatic heterocycles. The number of hydrogen-bond donors (Lipinski definition) is 4. The van der Waals surface area contributed by atoms with Gasteiger partial charge in [0.2, 0.25) is 0 Å². The van der Waals surface area contributed by atoms with E-state index in [4.69, 9.17) is 20.4 Å². The maximum atomic E-state index is 10.6. The smallest absolute Gasteiger partial charge is 0.303 e. The van der Waals surface area contributed by atoms with Gasteiger partial charge in [0.15, 0.2) is 0 Å². The van der Waals surface area contributed by atoms with Gasteiger partial charge >= 0.3 is 23.9 Å². The Balaban J connectivity index is 0. The molecule has 0 bridgehead atoms. The topological polar surface area (TPSA) is 149 Å². The second-order valence-electron chi connectivity index (χ2n) is 10.7. The Morgan fingerprint density at radius 3 is 0.816 bits per heavy atom. The van der Waals surface area contributed by atoms with Crippen molar-refractivity contribution in [2.75, 3.05) is 0 Å². The van der Waals surface area contributed by atoms with Crippen molar-refractivity contribution in [2.24, 2.45) is 11.8 Å². The van der Waals surface area contributed by atoms with Gasteiger partial charge in [0.05, 0.1) is 0 Å². The molecule has 38 heavy (non-hydrogen) atoms. The molecular formula is C30H56O8. The molecule has 224 valence electrons. The number of aliphatic carboxylic acids is 4.